The van der Waals surface area contributed by atoms with Crippen LogP contribution in [0.3, 0.4) is 0 Å². The Morgan fingerprint density at radius 3 is 2.29 bits per heavy atom. The summed E-state index contributed by atoms with van der Waals surface area (Å²) >= 11 is 0. The zero-order valence-electron chi connectivity index (χ0n) is 10.1. The van der Waals surface area contributed by atoms with E-state index in [-0.39, 0.29) is 0 Å². The highest BCUT2D eigenvalue weighted by Crippen LogP contribution is 2.26. The van der Waals surface area contributed by atoms with Crippen molar-refractivity contribution >= 4 is 0 Å². The summed E-state index contributed by atoms with van der Waals surface area (Å²) < 4.78 is 10.6. The molecule has 0 amide bonds. The molecule has 0 atom stereocenters. The molecule has 0 aliphatic carbocycles. The van der Waals surface area contributed by atoms with Crippen molar-refractivity contribution in [2.75, 3.05) is 14.2 Å². The van der Waals surface area contributed by atoms with E-state index in [4.69, 9.17) is 9.47 Å². The molecule has 0 aliphatic heterocycles. The standard InChI is InChI=1S/C15H16O2/c1-16-14-9-8-13(15(11-14)17-2)10-12-6-4-3-5-7-12/h3-9,11H,10H2,1-2H3. The van der Waals surface area contributed by atoms with E-state index in [0.717, 1.165) is 17.9 Å². The van der Waals surface area contributed by atoms with Crippen LogP contribution < -0.4 is 9.47 Å². The SMILES string of the molecule is COc1ccc(Cc2ccccc2)c(OC)c1. The van der Waals surface area contributed by atoms with Crippen LogP contribution in [0.5, 0.6) is 11.5 Å². The topological polar surface area (TPSA) is 18.5 Å². The van der Waals surface area contributed by atoms with E-state index < -0.39 is 0 Å². The van der Waals surface area contributed by atoms with Crippen molar-refractivity contribution in [1.29, 1.82) is 0 Å². The molecule has 0 bridgehead atoms. The van der Waals surface area contributed by atoms with Crippen LogP contribution in [0.15, 0.2) is 48.5 Å². The molecular weight excluding hydrogens is 212 g/mol. The van der Waals surface area contributed by atoms with Crippen LogP contribution in [0, 0.1) is 0 Å². The highest BCUT2D eigenvalue weighted by Gasteiger charge is 2.05. The van der Waals surface area contributed by atoms with Gasteiger partial charge in [-0.2, -0.15) is 0 Å². The van der Waals surface area contributed by atoms with Crippen molar-refractivity contribution < 1.29 is 9.47 Å². The molecule has 0 spiro atoms. The number of ether oxygens (including phenoxy) is 2. The summed E-state index contributed by atoms with van der Waals surface area (Å²) in [5, 5.41) is 0. The number of benzene rings is 2. The fourth-order valence-electron chi connectivity index (χ4n) is 1.81. The molecule has 0 saturated carbocycles. The first-order chi connectivity index (χ1) is 8.33. The molecule has 2 aromatic carbocycles. The number of rotatable bonds is 4. The summed E-state index contributed by atoms with van der Waals surface area (Å²) in [4.78, 5) is 0. The van der Waals surface area contributed by atoms with Gasteiger partial charge in [0.15, 0.2) is 0 Å². The van der Waals surface area contributed by atoms with Gasteiger partial charge in [-0.15, -0.1) is 0 Å². The van der Waals surface area contributed by atoms with E-state index in [1.807, 2.05) is 36.4 Å². The average Bonchev–Trinajstić information content (AvgIpc) is 2.40. The first-order valence-electron chi connectivity index (χ1n) is 5.58. The van der Waals surface area contributed by atoms with Gasteiger partial charge in [-0.3, -0.25) is 0 Å². The van der Waals surface area contributed by atoms with E-state index in [9.17, 15) is 0 Å². The van der Waals surface area contributed by atoms with Gasteiger partial charge in [0.2, 0.25) is 0 Å². The summed E-state index contributed by atoms with van der Waals surface area (Å²) in [5.74, 6) is 1.69. The average molecular weight is 228 g/mol. The lowest BCUT2D eigenvalue weighted by molar-refractivity contribution is 0.391. The van der Waals surface area contributed by atoms with Crippen molar-refractivity contribution in [2.45, 2.75) is 6.42 Å². The van der Waals surface area contributed by atoms with Gasteiger partial charge in [0.05, 0.1) is 14.2 Å². The van der Waals surface area contributed by atoms with Crippen molar-refractivity contribution in [2.24, 2.45) is 0 Å². The zero-order chi connectivity index (χ0) is 12.1. The van der Waals surface area contributed by atoms with Crippen molar-refractivity contribution in [3.8, 4) is 11.5 Å². The second kappa shape index (κ2) is 5.39. The number of methoxy groups -OCH3 is 2. The van der Waals surface area contributed by atoms with Gasteiger partial charge in [-0.25, -0.2) is 0 Å². The Kier molecular flexibility index (Phi) is 3.66. The minimum absolute atomic E-state index is 0.818. The second-order valence-corrected chi connectivity index (χ2v) is 3.84. The third kappa shape index (κ3) is 2.78. The van der Waals surface area contributed by atoms with Gasteiger partial charge >= 0.3 is 0 Å². The summed E-state index contributed by atoms with van der Waals surface area (Å²) in [5.41, 5.74) is 2.44. The Morgan fingerprint density at radius 2 is 1.65 bits per heavy atom. The molecule has 2 heteroatoms. The van der Waals surface area contributed by atoms with E-state index in [2.05, 4.69) is 12.1 Å². The lowest BCUT2D eigenvalue weighted by Gasteiger charge is -2.10. The molecule has 0 fully saturated rings. The summed E-state index contributed by atoms with van der Waals surface area (Å²) in [6.07, 6.45) is 0.869. The van der Waals surface area contributed by atoms with E-state index in [1.54, 1.807) is 14.2 Å². The van der Waals surface area contributed by atoms with Crippen LogP contribution in [-0.4, -0.2) is 14.2 Å². The van der Waals surface area contributed by atoms with Gasteiger partial charge < -0.3 is 9.47 Å². The molecule has 2 aromatic rings. The number of hydrogen-bond acceptors (Lipinski definition) is 2. The van der Waals surface area contributed by atoms with E-state index >= 15 is 0 Å². The summed E-state index contributed by atoms with van der Waals surface area (Å²) in [6.45, 7) is 0. The predicted molar refractivity (Wildman–Crippen MR) is 68.8 cm³/mol. The Morgan fingerprint density at radius 1 is 0.882 bits per heavy atom. The maximum absolute atomic E-state index is 5.38. The molecule has 88 valence electrons. The molecule has 17 heavy (non-hydrogen) atoms. The minimum atomic E-state index is 0.818. The van der Waals surface area contributed by atoms with Gasteiger partial charge in [-0.05, 0) is 17.2 Å². The summed E-state index contributed by atoms with van der Waals surface area (Å²) in [6, 6.07) is 16.3. The molecular formula is C15H16O2. The lowest BCUT2D eigenvalue weighted by Crippen LogP contribution is -1.94. The quantitative estimate of drug-likeness (QED) is 0.799. The van der Waals surface area contributed by atoms with Crippen LogP contribution in [0.25, 0.3) is 0 Å². The Bertz CT molecular complexity index is 478. The fraction of sp³-hybridized carbons (Fsp3) is 0.200. The molecule has 2 nitrogen and oxygen atoms in total. The van der Waals surface area contributed by atoms with Crippen LogP contribution in [-0.2, 0) is 6.42 Å². The lowest BCUT2D eigenvalue weighted by atomic mass is 10.0. The Hall–Kier alpha value is -1.96. The third-order valence-electron chi connectivity index (χ3n) is 2.73. The first kappa shape index (κ1) is 11.5. The minimum Gasteiger partial charge on any atom is -0.497 e. The predicted octanol–water partition coefficient (Wildman–Crippen LogP) is 3.29. The molecule has 0 unspecified atom stereocenters. The molecule has 0 saturated heterocycles. The largest absolute Gasteiger partial charge is 0.497 e. The highest BCUT2D eigenvalue weighted by molar-refractivity contribution is 5.43. The monoisotopic (exact) mass is 228 g/mol. The van der Waals surface area contributed by atoms with Crippen molar-refractivity contribution in [3.05, 3.63) is 59.7 Å². The fourth-order valence-corrected chi connectivity index (χ4v) is 1.81. The molecule has 0 N–H and O–H groups in total. The Labute approximate surface area is 102 Å². The maximum atomic E-state index is 5.38. The van der Waals surface area contributed by atoms with Gasteiger partial charge in [0.1, 0.15) is 11.5 Å². The van der Waals surface area contributed by atoms with Crippen LogP contribution in [0.4, 0.5) is 0 Å². The molecule has 2 rings (SSSR count). The number of hydrogen-bond donors (Lipinski definition) is 0. The normalized spacial score (nSPS) is 10.0. The van der Waals surface area contributed by atoms with Gasteiger partial charge in [-0.1, -0.05) is 36.4 Å². The molecule has 0 heterocycles. The van der Waals surface area contributed by atoms with Crippen molar-refractivity contribution in [1.82, 2.24) is 0 Å². The smallest absolute Gasteiger partial charge is 0.126 e. The van der Waals surface area contributed by atoms with Crippen LogP contribution in [0.2, 0.25) is 0 Å². The van der Waals surface area contributed by atoms with Crippen LogP contribution in [0.1, 0.15) is 11.1 Å². The zero-order valence-corrected chi connectivity index (χ0v) is 10.1. The summed E-state index contributed by atoms with van der Waals surface area (Å²) in [7, 11) is 3.34. The third-order valence-corrected chi connectivity index (χ3v) is 2.73. The van der Waals surface area contributed by atoms with Gasteiger partial charge in [0, 0.05) is 12.5 Å². The van der Waals surface area contributed by atoms with Crippen molar-refractivity contribution in [3.63, 3.8) is 0 Å². The van der Waals surface area contributed by atoms with Crippen LogP contribution >= 0.6 is 0 Å². The highest BCUT2D eigenvalue weighted by atomic mass is 16.5. The van der Waals surface area contributed by atoms with Gasteiger partial charge in [0.25, 0.3) is 0 Å². The molecule has 0 aliphatic rings. The first-order valence-corrected chi connectivity index (χ1v) is 5.58. The van der Waals surface area contributed by atoms with E-state index in [1.165, 1.54) is 11.1 Å². The second-order valence-electron chi connectivity index (χ2n) is 3.84. The van der Waals surface area contributed by atoms with E-state index in [0.29, 0.717) is 0 Å². The maximum Gasteiger partial charge on any atom is 0.126 e. The Balaban J connectivity index is 2.26. The molecule has 0 radical (unpaired) electrons. The molecule has 0 aromatic heterocycles.